The van der Waals surface area contributed by atoms with Gasteiger partial charge in [0, 0.05) is 19.7 Å². The van der Waals surface area contributed by atoms with Gasteiger partial charge in [-0.05, 0) is 51.9 Å². The summed E-state index contributed by atoms with van der Waals surface area (Å²) in [6.45, 7) is 9.66. The van der Waals surface area contributed by atoms with Gasteiger partial charge in [0.05, 0.1) is 0 Å². The van der Waals surface area contributed by atoms with Gasteiger partial charge in [-0.1, -0.05) is 6.92 Å². The molecule has 0 spiro atoms. The summed E-state index contributed by atoms with van der Waals surface area (Å²) in [7, 11) is 0. The summed E-state index contributed by atoms with van der Waals surface area (Å²) in [6.07, 6.45) is 2.69. The minimum absolute atomic E-state index is 0.198. The number of piperidine rings is 1. The van der Waals surface area contributed by atoms with E-state index in [1.807, 2.05) is 20.8 Å². The molecule has 1 saturated heterocycles. The molecule has 18 heavy (non-hydrogen) atoms. The Kier molecular flexibility index (Phi) is 5.45. The van der Waals surface area contributed by atoms with Crippen LogP contribution in [0.4, 0.5) is 4.79 Å². The van der Waals surface area contributed by atoms with Gasteiger partial charge in [0.1, 0.15) is 5.60 Å². The maximum Gasteiger partial charge on any atom is 0.410 e. The largest absolute Gasteiger partial charge is 0.444 e. The summed E-state index contributed by atoms with van der Waals surface area (Å²) in [6, 6.07) is 0. The molecule has 1 rings (SSSR count). The van der Waals surface area contributed by atoms with Gasteiger partial charge in [0.2, 0.25) is 0 Å². The maximum atomic E-state index is 11.9. The van der Waals surface area contributed by atoms with Crippen molar-refractivity contribution in [3.63, 3.8) is 0 Å². The van der Waals surface area contributed by atoms with Crippen molar-refractivity contribution in [1.29, 1.82) is 0 Å². The summed E-state index contributed by atoms with van der Waals surface area (Å²) in [5.74, 6) is 1.16. The van der Waals surface area contributed by atoms with Crippen molar-refractivity contribution in [2.24, 2.45) is 11.8 Å². The smallest absolute Gasteiger partial charge is 0.410 e. The average Bonchev–Trinajstić information content (AvgIpc) is 2.27. The molecule has 4 nitrogen and oxygen atoms in total. The zero-order valence-electron chi connectivity index (χ0n) is 12.1. The maximum absolute atomic E-state index is 11.9. The second kappa shape index (κ2) is 6.41. The third-order valence-corrected chi connectivity index (χ3v) is 3.58. The number of aliphatic hydroxyl groups excluding tert-OH is 1. The predicted octanol–water partition coefficient (Wildman–Crippen LogP) is 2.65. The van der Waals surface area contributed by atoms with Crippen molar-refractivity contribution in [1.82, 2.24) is 4.90 Å². The van der Waals surface area contributed by atoms with Crippen LogP contribution in [0.2, 0.25) is 0 Å². The standard InChI is InChI=1S/C14H27NO3/c1-11(7-10-16)12-5-8-15(9-6-12)13(17)18-14(2,3)4/h11-12,16H,5-10H2,1-4H3. The molecule has 0 aromatic rings. The van der Waals surface area contributed by atoms with Gasteiger partial charge in [-0.2, -0.15) is 0 Å². The van der Waals surface area contributed by atoms with E-state index in [0.29, 0.717) is 11.8 Å². The van der Waals surface area contributed by atoms with Crippen LogP contribution in [0.3, 0.4) is 0 Å². The first-order valence-electron chi connectivity index (χ1n) is 6.92. The molecule has 1 heterocycles. The van der Waals surface area contributed by atoms with Gasteiger partial charge in [-0.25, -0.2) is 4.79 Å². The predicted molar refractivity (Wildman–Crippen MR) is 71.4 cm³/mol. The normalized spacial score (nSPS) is 19.7. The summed E-state index contributed by atoms with van der Waals surface area (Å²) in [4.78, 5) is 13.7. The second-order valence-electron chi connectivity index (χ2n) is 6.29. The van der Waals surface area contributed by atoms with Crippen LogP contribution in [0.15, 0.2) is 0 Å². The Bertz CT molecular complexity index is 265. The Hall–Kier alpha value is -0.770. The van der Waals surface area contributed by atoms with E-state index in [1.165, 1.54) is 0 Å². The molecule has 0 saturated carbocycles. The van der Waals surface area contributed by atoms with Crippen molar-refractivity contribution in [2.75, 3.05) is 19.7 Å². The topological polar surface area (TPSA) is 49.8 Å². The van der Waals surface area contributed by atoms with E-state index < -0.39 is 5.60 Å². The number of rotatable bonds is 3. The number of aliphatic hydroxyl groups is 1. The fraction of sp³-hybridized carbons (Fsp3) is 0.929. The van der Waals surface area contributed by atoms with Gasteiger partial charge in [-0.15, -0.1) is 0 Å². The molecule has 0 radical (unpaired) electrons. The first kappa shape index (κ1) is 15.3. The summed E-state index contributed by atoms with van der Waals surface area (Å²) >= 11 is 0. The summed E-state index contributed by atoms with van der Waals surface area (Å²) in [5.41, 5.74) is -0.419. The molecule has 0 bridgehead atoms. The molecule has 0 aliphatic carbocycles. The number of carbonyl (C=O) groups excluding carboxylic acids is 1. The van der Waals surface area contributed by atoms with Gasteiger partial charge in [0.25, 0.3) is 0 Å². The van der Waals surface area contributed by atoms with Crippen molar-refractivity contribution >= 4 is 6.09 Å². The van der Waals surface area contributed by atoms with E-state index in [-0.39, 0.29) is 12.7 Å². The Balaban J connectivity index is 2.37. The zero-order valence-corrected chi connectivity index (χ0v) is 12.1. The van der Waals surface area contributed by atoms with E-state index in [0.717, 1.165) is 32.4 Å². The van der Waals surface area contributed by atoms with Gasteiger partial charge in [-0.3, -0.25) is 0 Å². The van der Waals surface area contributed by atoms with Crippen LogP contribution in [0.25, 0.3) is 0 Å². The number of amides is 1. The quantitative estimate of drug-likeness (QED) is 0.845. The summed E-state index contributed by atoms with van der Waals surface area (Å²) in [5, 5.41) is 8.95. The first-order valence-corrected chi connectivity index (χ1v) is 6.92. The summed E-state index contributed by atoms with van der Waals surface area (Å²) < 4.78 is 5.37. The van der Waals surface area contributed by atoms with E-state index in [9.17, 15) is 4.79 Å². The lowest BCUT2D eigenvalue weighted by Crippen LogP contribution is -2.42. The minimum Gasteiger partial charge on any atom is -0.444 e. The van der Waals surface area contributed by atoms with Gasteiger partial charge < -0.3 is 14.7 Å². The average molecular weight is 257 g/mol. The lowest BCUT2D eigenvalue weighted by Gasteiger charge is -2.35. The van der Waals surface area contributed by atoms with Gasteiger partial charge in [0.15, 0.2) is 0 Å². The van der Waals surface area contributed by atoms with Crippen molar-refractivity contribution in [3.8, 4) is 0 Å². The zero-order chi connectivity index (χ0) is 13.8. The van der Waals surface area contributed by atoms with Crippen molar-refractivity contribution in [2.45, 2.75) is 52.6 Å². The lowest BCUT2D eigenvalue weighted by atomic mass is 9.84. The highest BCUT2D eigenvalue weighted by Gasteiger charge is 2.28. The molecule has 106 valence electrons. The van der Waals surface area contributed by atoms with Crippen LogP contribution in [0.5, 0.6) is 0 Å². The van der Waals surface area contributed by atoms with Crippen LogP contribution in [-0.4, -0.2) is 41.4 Å². The fourth-order valence-electron chi connectivity index (χ4n) is 2.42. The highest BCUT2D eigenvalue weighted by Crippen LogP contribution is 2.27. The Labute approximate surface area is 110 Å². The number of ether oxygens (including phenoxy) is 1. The van der Waals surface area contributed by atoms with E-state index in [1.54, 1.807) is 4.90 Å². The van der Waals surface area contributed by atoms with Crippen LogP contribution >= 0.6 is 0 Å². The third kappa shape index (κ3) is 4.84. The second-order valence-corrected chi connectivity index (χ2v) is 6.29. The van der Waals surface area contributed by atoms with Crippen LogP contribution < -0.4 is 0 Å². The van der Waals surface area contributed by atoms with E-state index in [4.69, 9.17) is 9.84 Å². The Morgan fingerprint density at radius 1 is 1.39 bits per heavy atom. The molecule has 1 aliphatic heterocycles. The van der Waals surface area contributed by atoms with Crippen molar-refractivity contribution in [3.05, 3.63) is 0 Å². The highest BCUT2D eigenvalue weighted by molar-refractivity contribution is 5.68. The minimum atomic E-state index is -0.419. The molecule has 4 heteroatoms. The number of nitrogens with zero attached hydrogens (tertiary/aromatic N) is 1. The van der Waals surface area contributed by atoms with Crippen LogP contribution in [0, 0.1) is 11.8 Å². The Morgan fingerprint density at radius 3 is 2.39 bits per heavy atom. The number of carbonyl (C=O) groups is 1. The molecule has 1 atom stereocenters. The number of hydrogen-bond acceptors (Lipinski definition) is 3. The van der Waals surface area contributed by atoms with Crippen LogP contribution in [0.1, 0.15) is 47.0 Å². The molecular weight excluding hydrogens is 230 g/mol. The third-order valence-electron chi connectivity index (χ3n) is 3.58. The molecule has 1 unspecified atom stereocenters. The molecule has 0 aromatic heterocycles. The molecule has 1 amide bonds. The fourth-order valence-corrected chi connectivity index (χ4v) is 2.42. The monoisotopic (exact) mass is 257 g/mol. The van der Waals surface area contributed by atoms with Crippen LogP contribution in [-0.2, 0) is 4.74 Å². The van der Waals surface area contributed by atoms with Crippen molar-refractivity contribution < 1.29 is 14.6 Å². The molecular formula is C14H27NO3. The van der Waals surface area contributed by atoms with E-state index >= 15 is 0 Å². The van der Waals surface area contributed by atoms with Gasteiger partial charge >= 0.3 is 6.09 Å². The molecule has 0 aromatic carbocycles. The lowest BCUT2D eigenvalue weighted by molar-refractivity contribution is 0.0157. The molecule has 1 aliphatic rings. The number of hydrogen-bond donors (Lipinski definition) is 1. The molecule has 1 fully saturated rings. The van der Waals surface area contributed by atoms with E-state index in [2.05, 4.69) is 6.92 Å². The first-order chi connectivity index (χ1) is 8.33. The molecule has 1 N–H and O–H groups in total. The SMILES string of the molecule is CC(CCO)C1CCN(C(=O)OC(C)(C)C)CC1. The Morgan fingerprint density at radius 2 is 1.94 bits per heavy atom. The number of likely N-dealkylation sites (tertiary alicyclic amines) is 1. The highest BCUT2D eigenvalue weighted by atomic mass is 16.6.